The van der Waals surface area contributed by atoms with Gasteiger partial charge in [-0.25, -0.2) is 4.98 Å². The van der Waals surface area contributed by atoms with Gasteiger partial charge in [-0.2, -0.15) is 0 Å². The molecule has 2 aromatic rings. The van der Waals surface area contributed by atoms with E-state index in [2.05, 4.69) is 15.5 Å². The molecule has 0 unspecified atom stereocenters. The van der Waals surface area contributed by atoms with Crippen molar-refractivity contribution >= 4 is 34.1 Å². The molecule has 0 bridgehead atoms. The third-order valence-electron chi connectivity index (χ3n) is 2.36. The van der Waals surface area contributed by atoms with Crippen molar-refractivity contribution < 1.29 is 14.1 Å². The molecule has 2 amide bonds. The minimum atomic E-state index is -0.377. The van der Waals surface area contributed by atoms with Gasteiger partial charge >= 0.3 is 0 Å². The quantitative estimate of drug-likeness (QED) is 0.859. The molecule has 0 aromatic carbocycles. The molecule has 3 N–H and O–H groups in total. The number of thiazole rings is 1. The minimum Gasteiger partial charge on any atom is -0.375 e. The molecule has 0 aliphatic carbocycles. The summed E-state index contributed by atoms with van der Waals surface area (Å²) in [6.07, 6.45) is 0. The Labute approximate surface area is 118 Å². The maximum Gasteiger partial charge on any atom is 0.273 e. The highest BCUT2D eigenvalue weighted by atomic mass is 32.1. The van der Waals surface area contributed by atoms with Crippen LogP contribution in [-0.2, 0) is 4.79 Å². The van der Waals surface area contributed by atoms with E-state index in [9.17, 15) is 9.59 Å². The maximum absolute atomic E-state index is 12.0. The molecule has 0 fully saturated rings. The average molecular weight is 295 g/mol. The van der Waals surface area contributed by atoms with Gasteiger partial charge in [0, 0.05) is 18.5 Å². The number of nitrogens with zero attached hydrogens (tertiary/aromatic N) is 3. The number of carbonyl (C=O) groups is 2. The molecule has 106 valence electrons. The molecule has 0 aliphatic rings. The van der Waals surface area contributed by atoms with Gasteiger partial charge in [0.1, 0.15) is 11.5 Å². The third kappa shape index (κ3) is 3.32. The van der Waals surface area contributed by atoms with Gasteiger partial charge in [0.15, 0.2) is 10.9 Å². The van der Waals surface area contributed by atoms with Gasteiger partial charge in [-0.15, -0.1) is 11.3 Å². The molecule has 0 spiro atoms. The van der Waals surface area contributed by atoms with E-state index in [-0.39, 0.29) is 24.1 Å². The number of rotatable bonds is 4. The maximum atomic E-state index is 12.0. The van der Waals surface area contributed by atoms with Crippen molar-refractivity contribution in [1.82, 2.24) is 15.0 Å². The van der Waals surface area contributed by atoms with Gasteiger partial charge in [0.2, 0.25) is 5.91 Å². The van der Waals surface area contributed by atoms with E-state index in [1.54, 1.807) is 18.4 Å². The number of nitrogen functional groups attached to an aromatic ring is 1. The number of carbonyl (C=O) groups excluding carboxylic acids is 2. The van der Waals surface area contributed by atoms with E-state index >= 15 is 0 Å². The molecule has 0 atom stereocenters. The number of nitrogens with two attached hydrogens (primary N) is 1. The summed E-state index contributed by atoms with van der Waals surface area (Å²) in [4.78, 5) is 28.8. The van der Waals surface area contributed by atoms with Crippen LogP contribution < -0.4 is 11.1 Å². The van der Waals surface area contributed by atoms with Crippen LogP contribution in [-0.4, -0.2) is 40.4 Å². The summed E-state index contributed by atoms with van der Waals surface area (Å²) in [6, 6.07) is 1.58. The molecular weight excluding hydrogens is 282 g/mol. The van der Waals surface area contributed by atoms with Crippen LogP contribution in [0, 0.1) is 6.92 Å². The lowest BCUT2D eigenvalue weighted by Crippen LogP contribution is -2.35. The van der Waals surface area contributed by atoms with Crippen LogP contribution in [0.15, 0.2) is 16.0 Å². The van der Waals surface area contributed by atoms with Crippen LogP contribution in [0.25, 0.3) is 0 Å². The van der Waals surface area contributed by atoms with Crippen LogP contribution in [0.3, 0.4) is 0 Å². The highest BCUT2D eigenvalue weighted by Gasteiger charge is 2.18. The molecule has 0 saturated heterocycles. The molecule has 2 rings (SSSR count). The van der Waals surface area contributed by atoms with Crippen LogP contribution in [0.2, 0.25) is 0 Å². The topological polar surface area (TPSA) is 114 Å². The number of aryl methyl sites for hydroxylation is 1. The fraction of sp³-hybridized carbons (Fsp3) is 0.273. The van der Waals surface area contributed by atoms with Crippen LogP contribution in [0.5, 0.6) is 0 Å². The summed E-state index contributed by atoms with van der Waals surface area (Å²) >= 11 is 1.17. The Bertz CT molecular complexity index is 636. The molecule has 0 radical (unpaired) electrons. The standard InChI is InChI=1S/C11H13N5O3S/c1-6-3-8(15-19-6)14-9(17)4-16(2)10(18)7-5-20-11(12)13-7/h3,5H,4H2,1-2H3,(H2,12,13)(H,14,15,17). The van der Waals surface area contributed by atoms with Crippen molar-refractivity contribution in [2.75, 3.05) is 24.6 Å². The molecule has 8 nitrogen and oxygen atoms in total. The Kier molecular flexibility index (Phi) is 3.99. The Morgan fingerprint density at radius 3 is 2.85 bits per heavy atom. The first-order chi connectivity index (χ1) is 9.45. The van der Waals surface area contributed by atoms with Gasteiger partial charge in [0.05, 0.1) is 6.54 Å². The van der Waals surface area contributed by atoms with Crippen LogP contribution in [0.4, 0.5) is 10.9 Å². The van der Waals surface area contributed by atoms with E-state index in [1.165, 1.54) is 23.3 Å². The number of anilines is 2. The molecule has 20 heavy (non-hydrogen) atoms. The number of likely N-dealkylation sites (N-methyl/N-ethyl adjacent to an activating group) is 1. The Hall–Kier alpha value is -2.42. The zero-order valence-corrected chi connectivity index (χ0v) is 11.7. The van der Waals surface area contributed by atoms with Crippen molar-refractivity contribution in [1.29, 1.82) is 0 Å². The Morgan fingerprint density at radius 1 is 1.55 bits per heavy atom. The van der Waals surface area contributed by atoms with Gasteiger partial charge in [0.25, 0.3) is 5.91 Å². The molecular formula is C11H13N5O3S. The summed E-state index contributed by atoms with van der Waals surface area (Å²) in [6.45, 7) is 1.59. The lowest BCUT2D eigenvalue weighted by molar-refractivity contribution is -0.116. The summed E-state index contributed by atoms with van der Waals surface area (Å²) in [5.74, 6) is 0.149. The zero-order chi connectivity index (χ0) is 14.7. The van der Waals surface area contributed by atoms with Crippen molar-refractivity contribution in [2.45, 2.75) is 6.92 Å². The number of hydrogen-bond donors (Lipinski definition) is 2. The van der Waals surface area contributed by atoms with Crippen LogP contribution in [0.1, 0.15) is 16.2 Å². The predicted molar refractivity (Wildman–Crippen MR) is 73.4 cm³/mol. The van der Waals surface area contributed by atoms with E-state index in [4.69, 9.17) is 10.3 Å². The molecule has 9 heteroatoms. The fourth-order valence-electron chi connectivity index (χ4n) is 1.48. The van der Waals surface area contributed by atoms with Gasteiger partial charge in [-0.05, 0) is 6.92 Å². The average Bonchev–Trinajstić information content (AvgIpc) is 2.97. The second-order valence-electron chi connectivity index (χ2n) is 4.10. The van der Waals surface area contributed by atoms with E-state index in [0.717, 1.165) is 0 Å². The molecule has 0 aliphatic heterocycles. The van der Waals surface area contributed by atoms with Crippen molar-refractivity contribution in [3.63, 3.8) is 0 Å². The number of amides is 2. The van der Waals surface area contributed by atoms with E-state index in [1.807, 2.05) is 0 Å². The van der Waals surface area contributed by atoms with Crippen molar-refractivity contribution in [3.8, 4) is 0 Å². The second-order valence-corrected chi connectivity index (χ2v) is 4.99. The second kappa shape index (κ2) is 5.70. The highest BCUT2D eigenvalue weighted by molar-refractivity contribution is 7.13. The van der Waals surface area contributed by atoms with E-state index < -0.39 is 0 Å². The fourth-order valence-corrected chi connectivity index (χ4v) is 2.01. The summed E-state index contributed by atoms with van der Waals surface area (Å²) in [5, 5.41) is 8.01. The summed E-state index contributed by atoms with van der Waals surface area (Å²) < 4.78 is 4.82. The normalized spacial score (nSPS) is 10.3. The van der Waals surface area contributed by atoms with Crippen LogP contribution >= 0.6 is 11.3 Å². The number of hydrogen-bond acceptors (Lipinski definition) is 7. The predicted octanol–water partition coefficient (Wildman–Crippen LogP) is 0.732. The monoisotopic (exact) mass is 295 g/mol. The van der Waals surface area contributed by atoms with Gasteiger partial charge < -0.3 is 20.5 Å². The SMILES string of the molecule is Cc1cc(NC(=O)CN(C)C(=O)c2csc(N)n2)no1. The van der Waals surface area contributed by atoms with Gasteiger partial charge in [-0.1, -0.05) is 5.16 Å². The Morgan fingerprint density at radius 2 is 2.30 bits per heavy atom. The third-order valence-corrected chi connectivity index (χ3v) is 3.04. The van der Waals surface area contributed by atoms with Gasteiger partial charge in [-0.3, -0.25) is 9.59 Å². The first-order valence-electron chi connectivity index (χ1n) is 5.65. The molecule has 2 heterocycles. The summed E-state index contributed by atoms with van der Waals surface area (Å²) in [5.41, 5.74) is 5.68. The lowest BCUT2D eigenvalue weighted by atomic mass is 10.4. The first-order valence-corrected chi connectivity index (χ1v) is 6.53. The molecule has 0 saturated carbocycles. The smallest absolute Gasteiger partial charge is 0.273 e. The van der Waals surface area contributed by atoms with E-state index in [0.29, 0.717) is 16.7 Å². The van der Waals surface area contributed by atoms with Crippen molar-refractivity contribution in [2.24, 2.45) is 0 Å². The highest BCUT2D eigenvalue weighted by Crippen LogP contribution is 2.12. The van der Waals surface area contributed by atoms with Crippen molar-refractivity contribution in [3.05, 3.63) is 22.9 Å². The number of nitrogens with one attached hydrogen (secondary N) is 1. The molecule has 2 aromatic heterocycles. The minimum absolute atomic E-state index is 0.123. The largest absolute Gasteiger partial charge is 0.375 e. The number of aromatic nitrogens is 2. The zero-order valence-electron chi connectivity index (χ0n) is 10.9. The first kappa shape index (κ1) is 14.0. The Balaban J connectivity index is 1.92. The lowest BCUT2D eigenvalue weighted by Gasteiger charge is -2.14. The summed E-state index contributed by atoms with van der Waals surface area (Å²) in [7, 11) is 1.51.